The first kappa shape index (κ1) is 28.8. The number of carbonyl (C=O) groups excluding carboxylic acids is 2. The Morgan fingerprint density at radius 1 is 1.05 bits per heavy atom. The number of para-hydroxylation sites is 2. The fraction of sp³-hybridized carbons (Fsp3) is 0.394. The molecule has 0 radical (unpaired) electrons. The minimum atomic E-state index is -0.370. The molecule has 2 aliphatic carbocycles. The molecule has 5 N–H and O–H groups in total. The van der Waals surface area contributed by atoms with Crippen LogP contribution in [0.2, 0.25) is 0 Å². The van der Waals surface area contributed by atoms with Gasteiger partial charge in [-0.2, -0.15) is 0 Å². The fourth-order valence-electron chi connectivity index (χ4n) is 5.28. The number of nitrogens with zero attached hydrogens (tertiary/aromatic N) is 1. The van der Waals surface area contributed by atoms with E-state index < -0.39 is 0 Å². The number of hydrogen-bond donors (Lipinski definition) is 4. The summed E-state index contributed by atoms with van der Waals surface area (Å²) >= 11 is 0. The van der Waals surface area contributed by atoms with Gasteiger partial charge in [0, 0.05) is 30.8 Å². The van der Waals surface area contributed by atoms with E-state index in [1.807, 2.05) is 30.3 Å². The van der Waals surface area contributed by atoms with Crippen LogP contribution in [0.15, 0.2) is 84.5 Å². The van der Waals surface area contributed by atoms with Crippen molar-refractivity contribution in [2.75, 3.05) is 55.8 Å². The van der Waals surface area contributed by atoms with Crippen LogP contribution in [0.25, 0.3) is 0 Å². The summed E-state index contributed by atoms with van der Waals surface area (Å²) in [6.07, 6.45) is 13.6. The van der Waals surface area contributed by atoms with E-state index in [1.165, 1.54) is 24.5 Å². The molecule has 2 atom stereocenters. The topological polar surface area (TPSA) is 109 Å². The lowest BCUT2D eigenvalue weighted by atomic mass is 9.89. The van der Waals surface area contributed by atoms with E-state index in [2.05, 4.69) is 45.1 Å². The van der Waals surface area contributed by atoms with Crippen LogP contribution in [0.5, 0.6) is 0 Å². The van der Waals surface area contributed by atoms with Gasteiger partial charge in [0.1, 0.15) is 0 Å². The summed E-state index contributed by atoms with van der Waals surface area (Å²) in [5.41, 5.74) is 10.1. The molecule has 0 aromatic heterocycles. The molecule has 2 unspecified atom stereocenters. The molecule has 3 aliphatic rings. The number of amides is 2. The largest absolute Gasteiger partial charge is 0.397 e. The van der Waals surface area contributed by atoms with Crippen LogP contribution in [0, 0.1) is 5.92 Å². The first-order valence-corrected chi connectivity index (χ1v) is 14.7. The number of ether oxygens (including phenoxy) is 1. The number of carbonyl (C=O) groups is 2. The predicted molar refractivity (Wildman–Crippen MR) is 165 cm³/mol. The lowest BCUT2D eigenvalue weighted by molar-refractivity contribution is -0.119. The smallest absolute Gasteiger partial charge is 0.248 e. The van der Waals surface area contributed by atoms with Crippen molar-refractivity contribution in [3.8, 4) is 0 Å². The zero-order valence-corrected chi connectivity index (χ0v) is 23.6. The van der Waals surface area contributed by atoms with Gasteiger partial charge in [0.2, 0.25) is 11.8 Å². The van der Waals surface area contributed by atoms with Crippen LogP contribution in [-0.2, 0) is 14.3 Å². The summed E-state index contributed by atoms with van der Waals surface area (Å²) in [6.45, 7) is 5.24. The Kier molecular flexibility index (Phi) is 10.0. The number of anilines is 3. The van der Waals surface area contributed by atoms with E-state index in [9.17, 15) is 9.59 Å². The third kappa shape index (κ3) is 8.63. The zero-order valence-electron chi connectivity index (χ0n) is 23.6. The van der Waals surface area contributed by atoms with Crippen LogP contribution in [0.1, 0.15) is 37.2 Å². The average molecular weight is 556 g/mol. The maximum atomic E-state index is 13.5. The molecular formula is C33H41N5O3. The molecule has 2 aromatic rings. The van der Waals surface area contributed by atoms with E-state index in [4.69, 9.17) is 10.5 Å². The van der Waals surface area contributed by atoms with Crippen molar-refractivity contribution in [3.63, 3.8) is 0 Å². The van der Waals surface area contributed by atoms with Crippen LogP contribution in [-0.4, -0.2) is 62.1 Å². The number of nitrogens with two attached hydrogens (primary N) is 1. The van der Waals surface area contributed by atoms with Crippen molar-refractivity contribution in [2.45, 2.75) is 37.6 Å². The normalized spacial score (nSPS) is 20.0. The van der Waals surface area contributed by atoms with Crippen molar-refractivity contribution in [2.24, 2.45) is 5.92 Å². The Morgan fingerprint density at radius 2 is 1.83 bits per heavy atom. The quantitative estimate of drug-likeness (QED) is 0.175. The van der Waals surface area contributed by atoms with Gasteiger partial charge in [0.25, 0.3) is 0 Å². The third-order valence-corrected chi connectivity index (χ3v) is 7.86. The van der Waals surface area contributed by atoms with Crippen LogP contribution >= 0.6 is 0 Å². The molecule has 1 saturated heterocycles. The Morgan fingerprint density at radius 3 is 2.54 bits per heavy atom. The van der Waals surface area contributed by atoms with Crippen molar-refractivity contribution < 1.29 is 14.3 Å². The maximum Gasteiger partial charge on any atom is 0.248 e. The minimum absolute atomic E-state index is 0.000724. The molecule has 1 saturated carbocycles. The van der Waals surface area contributed by atoms with Crippen molar-refractivity contribution >= 4 is 28.9 Å². The molecule has 1 heterocycles. The highest BCUT2D eigenvalue weighted by Crippen LogP contribution is 2.40. The van der Waals surface area contributed by atoms with Gasteiger partial charge in [-0.3, -0.25) is 14.5 Å². The highest BCUT2D eigenvalue weighted by Gasteiger charge is 2.27. The lowest BCUT2D eigenvalue weighted by Gasteiger charge is -2.28. The lowest BCUT2D eigenvalue weighted by Crippen LogP contribution is -2.46. The first-order chi connectivity index (χ1) is 20.0. The van der Waals surface area contributed by atoms with E-state index in [0.717, 1.165) is 57.1 Å². The minimum Gasteiger partial charge on any atom is -0.397 e. The number of hydrogen-bond acceptors (Lipinski definition) is 6. The molecule has 8 heteroatoms. The van der Waals surface area contributed by atoms with E-state index >= 15 is 0 Å². The molecule has 1 aliphatic heterocycles. The van der Waals surface area contributed by atoms with Crippen molar-refractivity contribution in [3.05, 3.63) is 90.0 Å². The van der Waals surface area contributed by atoms with Crippen LogP contribution in [0.3, 0.4) is 0 Å². The average Bonchev–Trinajstić information content (AvgIpc) is 3.84. The molecule has 8 nitrogen and oxygen atoms in total. The standard InChI is InChI=1S/C33H41N5O3/c34-29-4-1-2-5-30(29)37-31(39)17-8-24-6-9-27(10-7-24)32(35-18-3-19-38-20-22-41-23-21-38)33(40)36-28-15-13-26(14-16-28)25-11-12-25/h1-2,4-9,13-17,25,27,32,35H,3,10-12,18-23,34H2,(H,36,40)(H,37,39)/b17-8+. The number of allylic oxidation sites excluding steroid dienone is 4. The Bertz CT molecular complexity index is 1280. The van der Waals surface area contributed by atoms with Gasteiger partial charge in [0.15, 0.2) is 0 Å². The first-order valence-electron chi connectivity index (χ1n) is 14.7. The second-order valence-corrected chi connectivity index (χ2v) is 11.0. The molecule has 2 fully saturated rings. The summed E-state index contributed by atoms with van der Waals surface area (Å²) in [4.78, 5) is 28.3. The molecule has 2 aromatic carbocycles. The van der Waals surface area contributed by atoms with Crippen molar-refractivity contribution in [1.82, 2.24) is 10.2 Å². The van der Waals surface area contributed by atoms with Gasteiger partial charge >= 0.3 is 0 Å². The summed E-state index contributed by atoms with van der Waals surface area (Å²) < 4.78 is 5.45. The summed E-state index contributed by atoms with van der Waals surface area (Å²) in [7, 11) is 0. The SMILES string of the molecule is Nc1ccccc1NC(=O)/C=C/C1=CCC(C(NCCCN2CCOCC2)C(=O)Nc2ccc(C3CC3)cc2)C=C1. The molecule has 0 spiro atoms. The molecular weight excluding hydrogens is 514 g/mol. The van der Waals surface area contributed by atoms with E-state index in [0.29, 0.717) is 23.7 Å². The molecule has 0 bridgehead atoms. The summed E-state index contributed by atoms with van der Waals surface area (Å²) in [6, 6.07) is 15.1. The molecule has 216 valence electrons. The highest BCUT2D eigenvalue weighted by atomic mass is 16.5. The Balaban J connectivity index is 1.17. The Labute approximate surface area is 242 Å². The Hall–Kier alpha value is -3.72. The number of nitrogen functional groups attached to an aromatic ring is 1. The van der Waals surface area contributed by atoms with Crippen LogP contribution in [0.4, 0.5) is 17.1 Å². The van der Waals surface area contributed by atoms with Gasteiger partial charge in [-0.1, -0.05) is 42.5 Å². The van der Waals surface area contributed by atoms with Gasteiger partial charge in [-0.05, 0) is 86.2 Å². The number of morpholine rings is 1. The summed E-state index contributed by atoms with van der Waals surface area (Å²) in [5, 5.41) is 9.48. The number of nitrogens with one attached hydrogen (secondary N) is 3. The van der Waals surface area contributed by atoms with Gasteiger partial charge in [0.05, 0.1) is 30.6 Å². The molecule has 2 amide bonds. The van der Waals surface area contributed by atoms with E-state index in [1.54, 1.807) is 18.2 Å². The molecule has 5 rings (SSSR count). The fourth-order valence-corrected chi connectivity index (χ4v) is 5.28. The highest BCUT2D eigenvalue weighted by molar-refractivity contribution is 6.01. The predicted octanol–water partition coefficient (Wildman–Crippen LogP) is 4.46. The monoisotopic (exact) mass is 555 g/mol. The second kappa shape index (κ2) is 14.3. The van der Waals surface area contributed by atoms with E-state index in [-0.39, 0.29) is 23.8 Å². The van der Waals surface area contributed by atoms with Gasteiger partial charge < -0.3 is 26.4 Å². The number of benzene rings is 2. The zero-order chi connectivity index (χ0) is 28.4. The van der Waals surface area contributed by atoms with Crippen LogP contribution < -0.4 is 21.7 Å². The second-order valence-electron chi connectivity index (χ2n) is 11.0. The van der Waals surface area contributed by atoms with Crippen molar-refractivity contribution in [1.29, 1.82) is 0 Å². The number of rotatable bonds is 12. The van der Waals surface area contributed by atoms with Gasteiger partial charge in [-0.25, -0.2) is 0 Å². The third-order valence-electron chi connectivity index (χ3n) is 7.86. The molecule has 41 heavy (non-hydrogen) atoms. The van der Waals surface area contributed by atoms with Gasteiger partial charge in [-0.15, -0.1) is 0 Å². The summed E-state index contributed by atoms with van der Waals surface area (Å²) in [5.74, 6) is 0.411. The maximum absolute atomic E-state index is 13.5.